The highest BCUT2D eigenvalue weighted by Gasteiger charge is 2.33. The van der Waals surface area contributed by atoms with Gasteiger partial charge in [0.2, 0.25) is 0 Å². The molecule has 0 bridgehead atoms. The fourth-order valence-electron chi connectivity index (χ4n) is 1.38. The van der Waals surface area contributed by atoms with Crippen molar-refractivity contribution in [3.05, 3.63) is 35.6 Å². The third-order valence-corrected chi connectivity index (χ3v) is 2.92. The van der Waals surface area contributed by atoms with Gasteiger partial charge in [-0.15, -0.1) is 0 Å². The number of hydrogen-bond acceptors (Lipinski definition) is 4. The summed E-state index contributed by atoms with van der Waals surface area (Å²) >= 11 is 5.60. The fourth-order valence-corrected chi connectivity index (χ4v) is 1.48. The lowest BCUT2D eigenvalue weighted by Gasteiger charge is -2.20. The molecule has 4 nitrogen and oxygen atoms in total. The van der Waals surface area contributed by atoms with Crippen molar-refractivity contribution in [2.45, 2.75) is 25.9 Å². The smallest absolute Gasteiger partial charge is 0.281 e. The third-order valence-electron chi connectivity index (χ3n) is 2.73. The lowest BCUT2D eigenvalue weighted by Crippen LogP contribution is -2.33. The van der Waals surface area contributed by atoms with E-state index >= 15 is 0 Å². The second-order valence-electron chi connectivity index (χ2n) is 4.45. The van der Waals surface area contributed by atoms with Gasteiger partial charge in [0.15, 0.2) is 11.9 Å². The molecule has 1 atom stereocenters. The topological polar surface area (TPSA) is 47.9 Å². The zero-order valence-electron chi connectivity index (χ0n) is 11.1. The summed E-state index contributed by atoms with van der Waals surface area (Å²) in [6.07, 6.45) is 2.42. The molecule has 2 aromatic heterocycles. The van der Waals surface area contributed by atoms with Crippen molar-refractivity contribution in [2.75, 3.05) is 0 Å². The molecule has 0 spiro atoms. The van der Waals surface area contributed by atoms with Gasteiger partial charge in [-0.25, -0.2) is 23.1 Å². The number of rotatable bonds is 4. The molecule has 0 N–H and O–H groups in total. The van der Waals surface area contributed by atoms with Crippen molar-refractivity contribution < 1.29 is 17.9 Å². The minimum absolute atomic E-state index is 0.200. The molecule has 0 saturated carbocycles. The molecule has 2 rings (SSSR count). The Morgan fingerprint density at radius 3 is 2.43 bits per heavy atom. The summed E-state index contributed by atoms with van der Waals surface area (Å²) in [6, 6.07) is 1.08. The number of pyridine rings is 1. The van der Waals surface area contributed by atoms with Gasteiger partial charge in [-0.2, -0.15) is 0 Å². The van der Waals surface area contributed by atoms with Crippen LogP contribution in [-0.2, 0) is 0 Å². The summed E-state index contributed by atoms with van der Waals surface area (Å²) in [4.78, 5) is 11.5. The first kappa shape index (κ1) is 15.5. The molecule has 112 valence electrons. The van der Waals surface area contributed by atoms with E-state index in [1.54, 1.807) is 0 Å². The Morgan fingerprint density at radius 2 is 1.90 bits per heavy atom. The maximum absolute atomic E-state index is 13.9. The molecule has 0 saturated heterocycles. The van der Waals surface area contributed by atoms with E-state index in [4.69, 9.17) is 16.3 Å². The van der Waals surface area contributed by atoms with E-state index in [9.17, 15) is 13.2 Å². The maximum atomic E-state index is 13.9. The van der Waals surface area contributed by atoms with Gasteiger partial charge in [-0.3, -0.25) is 4.98 Å². The average molecular weight is 318 g/mol. The molecule has 0 amide bonds. The van der Waals surface area contributed by atoms with Crippen LogP contribution in [0.1, 0.15) is 13.8 Å². The summed E-state index contributed by atoms with van der Waals surface area (Å²) in [5.41, 5.74) is 0.686. The van der Waals surface area contributed by atoms with E-state index in [0.717, 1.165) is 13.0 Å². The van der Waals surface area contributed by atoms with E-state index in [2.05, 4.69) is 15.0 Å². The van der Waals surface area contributed by atoms with Crippen molar-refractivity contribution >= 4 is 11.6 Å². The number of halogens is 4. The van der Waals surface area contributed by atoms with Gasteiger partial charge in [0.25, 0.3) is 11.8 Å². The van der Waals surface area contributed by atoms with Crippen LogP contribution in [0.5, 0.6) is 5.88 Å². The summed E-state index contributed by atoms with van der Waals surface area (Å²) in [7, 11) is 0. The zero-order valence-corrected chi connectivity index (χ0v) is 11.9. The molecule has 2 heterocycles. The highest BCUT2D eigenvalue weighted by molar-refractivity contribution is 6.29. The van der Waals surface area contributed by atoms with Gasteiger partial charge in [0, 0.05) is 18.7 Å². The van der Waals surface area contributed by atoms with Crippen LogP contribution in [0.15, 0.2) is 24.7 Å². The maximum Gasteiger partial charge on any atom is 0.281 e. The van der Waals surface area contributed by atoms with E-state index in [1.807, 2.05) is 0 Å². The first-order chi connectivity index (χ1) is 9.77. The van der Waals surface area contributed by atoms with Crippen molar-refractivity contribution in [2.24, 2.45) is 0 Å². The molecule has 8 heteroatoms. The van der Waals surface area contributed by atoms with Crippen LogP contribution in [0.3, 0.4) is 0 Å². The molecule has 2 aromatic rings. The second-order valence-corrected chi connectivity index (χ2v) is 4.84. The molecular formula is C13H11ClF3N3O. The highest BCUT2D eigenvalue weighted by Crippen LogP contribution is 2.26. The summed E-state index contributed by atoms with van der Waals surface area (Å²) in [6.45, 7) is 1.83. The predicted molar refractivity (Wildman–Crippen MR) is 70.9 cm³/mol. The predicted octanol–water partition coefficient (Wildman–Crippen LogP) is 3.75. The first-order valence-electron chi connectivity index (χ1n) is 5.95. The van der Waals surface area contributed by atoms with Crippen LogP contribution in [-0.4, -0.2) is 27.0 Å². The van der Waals surface area contributed by atoms with E-state index in [-0.39, 0.29) is 5.15 Å². The van der Waals surface area contributed by atoms with E-state index < -0.39 is 23.7 Å². The van der Waals surface area contributed by atoms with E-state index in [1.165, 1.54) is 18.6 Å². The van der Waals surface area contributed by atoms with Crippen LogP contribution in [0, 0.1) is 5.82 Å². The number of aromatic nitrogens is 3. The standard InChI is InChI=1S/C13H11ClF3N3O/c1-7(13(2,16)17)21-12-9(15)3-8(4-20-12)10-5-19-11(14)6-18-10/h3-7H,1-2H3. The average Bonchev–Trinajstić information content (AvgIpc) is 2.41. The lowest BCUT2D eigenvalue weighted by molar-refractivity contribution is -0.0743. The normalized spacial score (nSPS) is 13.0. The van der Waals surface area contributed by atoms with Crippen molar-refractivity contribution in [3.8, 4) is 17.1 Å². The summed E-state index contributed by atoms with van der Waals surface area (Å²) in [5, 5.41) is 0.200. The van der Waals surface area contributed by atoms with Crippen LogP contribution in [0.25, 0.3) is 11.3 Å². The number of nitrogens with zero attached hydrogens (tertiary/aromatic N) is 3. The summed E-state index contributed by atoms with van der Waals surface area (Å²) in [5.74, 6) is -4.45. The van der Waals surface area contributed by atoms with Gasteiger partial charge >= 0.3 is 0 Å². The monoisotopic (exact) mass is 317 g/mol. The molecular weight excluding hydrogens is 307 g/mol. The highest BCUT2D eigenvalue weighted by atomic mass is 35.5. The Morgan fingerprint density at radius 1 is 1.19 bits per heavy atom. The van der Waals surface area contributed by atoms with Gasteiger partial charge in [-0.1, -0.05) is 11.6 Å². The van der Waals surface area contributed by atoms with Gasteiger partial charge < -0.3 is 4.74 Å². The number of hydrogen-bond donors (Lipinski definition) is 0. The molecule has 0 fully saturated rings. The Hall–Kier alpha value is -1.89. The SMILES string of the molecule is CC(Oc1ncc(-c2cnc(Cl)cn2)cc1F)C(C)(F)F. The molecule has 21 heavy (non-hydrogen) atoms. The van der Waals surface area contributed by atoms with Crippen molar-refractivity contribution in [3.63, 3.8) is 0 Å². The third kappa shape index (κ3) is 3.81. The van der Waals surface area contributed by atoms with Crippen molar-refractivity contribution in [1.29, 1.82) is 0 Å². The quantitative estimate of drug-likeness (QED) is 0.861. The fraction of sp³-hybridized carbons (Fsp3) is 0.308. The zero-order chi connectivity index (χ0) is 15.6. The second kappa shape index (κ2) is 5.85. The Balaban J connectivity index is 2.23. The molecule has 0 aliphatic rings. The Kier molecular flexibility index (Phi) is 4.32. The number of ether oxygens (including phenoxy) is 1. The first-order valence-corrected chi connectivity index (χ1v) is 6.33. The largest absolute Gasteiger partial charge is 0.466 e. The minimum atomic E-state index is -3.10. The minimum Gasteiger partial charge on any atom is -0.466 e. The lowest BCUT2D eigenvalue weighted by atomic mass is 10.2. The van der Waals surface area contributed by atoms with Crippen molar-refractivity contribution in [1.82, 2.24) is 15.0 Å². The van der Waals surface area contributed by atoms with Crippen LogP contribution >= 0.6 is 11.6 Å². The van der Waals surface area contributed by atoms with E-state index in [0.29, 0.717) is 18.2 Å². The van der Waals surface area contributed by atoms with Crippen LogP contribution < -0.4 is 4.74 Å². The molecule has 0 aliphatic heterocycles. The Bertz CT molecular complexity index is 632. The van der Waals surface area contributed by atoms with Gasteiger partial charge in [0.05, 0.1) is 18.1 Å². The van der Waals surface area contributed by atoms with Gasteiger partial charge in [-0.05, 0) is 13.0 Å². The van der Waals surface area contributed by atoms with Crippen LogP contribution in [0.4, 0.5) is 13.2 Å². The molecule has 0 aliphatic carbocycles. The van der Waals surface area contributed by atoms with Crippen LogP contribution in [0.2, 0.25) is 5.15 Å². The summed E-state index contributed by atoms with van der Waals surface area (Å²) < 4.78 is 44.7. The molecule has 1 unspecified atom stereocenters. The molecule has 0 aromatic carbocycles. The molecule has 0 radical (unpaired) electrons. The number of alkyl halides is 2. The Labute approximate surface area is 124 Å². The van der Waals surface area contributed by atoms with Gasteiger partial charge in [0.1, 0.15) is 5.15 Å².